The number of ether oxygens (including phenoxy) is 5. The number of nitrogens with zero attached hydrogens (tertiary/aromatic N) is 13. The molecule has 0 radical (unpaired) electrons. The van der Waals surface area contributed by atoms with E-state index in [1.54, 1.807) is 89.2 Å². The lowest BCUT2D eigenvalue weighted by atomic mass is 10.1. The molecule has 3 fully saturated rings. The lowest BCUT2D eigenvalue weighted by Gasteiger charge is -2.36. The highest BCUT2D eigenvalue weighted by molar-refractivity contribution is 6.18. The van der Waals surface area contributed by atoms with Crippen molar-refractivity contribution in [1.29, 1.82) is 0 Å². The van der Waals surface area contributed by atoms with Gasteiger partial charge in [0.15, 0.2) is 23.3 Å². The van der Waals surface area contributed by atoms with Crippen molar-refractivity contribution >= 4 is 88.5 Å². The Morgan fingerprint density at radius 2 is 0.750 bits per heavy atom. The molecule has 104 heavy (non-hydrogen) atoms. The number of unbranched alkanes of at least 4 members (excludes halogenated alkanes) is 2. The monoisotopic (exact) mass is 1490 g/mol. The highest BCUT2D eigenvalue weighted by Gasteiger charge is 2.28. The average Bonchev–Trinajstić information content (AvgIpc) is 0.842. The summed E-state index contributed by atoms with van der Waals surface area (Å²) in [5.41, 5.74) is 13.3. The molecule has 7 heterocycles. The summed E-state index contributed by atoms with van der Waals surface area (Å²) in [5.74, 6) is 2.68. The van der Waals surface area contributed by atoms with Crippen molar-refractivity contribution in [3.05, 3.63) is 169 Å². The number of carbonyl (C=O) groups is 5. The number of aromatic nitrogens is 8. The summed E-state index contributed by atoms with van der Waals surface area (Å²) in [6.45, 7) is 20.2. The second-order valence-corrected chi connectivity index (χ2v) is 26.1. The van der Waals surface area contributed by atoms with Crippen molar-refractivity contribution in [2.24, 2.45) is 0 Å². The van der Waals surface area contributed by atoms with Gasteiger partial charge in [0.25, 0.3) is 0 Å². The number of methoxy groups -OCH3 is 3. The van der Waals surface area contributed by atoms with E-state index in [1.165, 1.54) is 40.1 Å². The minimum absolute atomic E-state index is 0. The van der Waals surface area contributed by atoms with E-state index in [9.17, 15) is 29.1 Å². The maximum absolute atomic E-state index is 12.2. The van der Waals surface area contributed by atoms with E-state index in [1.807, 2.05) is 96.4 Å². The maximum atomic E-state index is 12.2. The van der Waals surface area contributed by atoms with Gasteiger partial charge in [-0.1, -0.05) is 68.4 Å². The second kappa shape index (κ2) is 42.7. The summed E-state index contributed by atoms with van der Waals surface area (Å²) in [5, 5.41) is 12.6. The summed E-state index contributed by atoms with van der Waals surface area (Å²) in [4.78, 5) is 104. The fourth-order valence-electron chi connectivity index (χ4n) is 10.1. The Morgan fingerprint density at radius 3 is 1.05 bits per heavy atom. The van der Waals surface area contributed by atoms with Gasteiger partial charge in [-0.05, 0) is 102 Å². The van der Waals surface area contributed by atoms with Crippen molar-refractivity contribution in [3.8, 4) is 45.6 Å². The van der Waals surface area contributed by atoms with Gasteiger partial charge in [0.2, 0.25) is 0 Å². The smallest absolute Gasteiger partial charge is 0.410 e. The number of halogens is 3. The number of aliphatic hydroxyl groups is 1. The van der Waals surface area contributed by atoms with Crippen LogP contribution in [0.3, 0.4) is 0 Å². The van der Waals surface area contributed by atoms with Crippen molar-refractivity contribution < 1.29 is 52.8 Å². The molecule has 29 heteroatoms. The first-order chi connectivity index (χ1) is 49.0. The van der Waals surface area contributed by atoms with Gasteiger partial charge in [0, 0.05) is 113 Å². The van der Waals surface area contributed by atoms with Crippen molar-refractivity contribution in [2.75, 3.05) is 132 Å². The molecule has 0 spiro atoms. The molecule has 26 nitrogen and oxygen atoms in total. The molecule has 4 N–H and O–H groups in total. The Hall–Kier alpha value is -9.86. The largest absolute Gasteiger partial charge is 0.465 e. The van der Waals surface area contributed by atoms with Gasteiger partial charge < -0.3 is 64.3 Å². The zero-order chi connectivity index (χ0) is 73.6. The summed E-state index contributed by atoms with van der Waals surface area (Å²) in [7, 11) is 4.06. The Morgan fingerprint density at radius 1 is 0.452 bits per heavy atom. The SMILES string of the molecule is C.CC(C)(C)OC(=O)N1CCN(c2cnc(-c3cccc(CO)c3)nc2)CC1.COC(=O)c1cccc(-c2ncc(N)cn2)c1.COC(=O)c1cccc(-c2ncc(N3CCN(C(=O)OC(C)(C)C)CC3)cn2)c1.COC(=O)c1cccc(-c2ncc(N3CCNCC3)cn2)c1.Cl.ClCCCCCCl. The minimum atomic E-state index is -0.497. The molecule has 3 aliphatic heterocycles. The van der Waals surface area contributed by atoms with Crippen molar-refractivity contribution in [3.63, 3.8) is 0 Å². The molecule has 8 aromatic rings. The summed E-state index contributed by atoms with van der Waals surface area (Å²) < 4.78 is 25.0. The molecule has 3 saturated heterocycles. The van der Waals surface area contributed by atoms with Crippen LogP contribution in [0.1, 0.15) is 105 Å². The zero-order valence-corrected chi connectivity index (χ0v) is 62.0. The fraction of sp³-hybridized carbons (Fsp3) is 0.400. The number of alkyl halides is 2. The lowest BCUT2D eigenvalue weighted by Crippen LogP contribution is -2.50. The minimum Gasteiger partial charge on any atom is -0.465 e. The molecular weight excluding hydrogens is 1390 g/mol. The van der Waals surface area contributed by atoms with E-state index >= 15 is 0 Å². The number of carbonyl (C=O) groups excluding carboxylic acids is 5. The van der Waals surface area contributed by atoms with E-state index in [0.29, 0.717) is 98.0 Å². The van der Waals surface area contributed by atoms with Gasteiger partial charge in [0.05, 0.1) is 117 Å². The van der Waals surface area contributed by atoms with Crippen LogP contribution in [0, 0.1) is 0 Å². The van der Waals surface area contributed by atoms with Crippen LogP contribution in [-0.2, 0) is 30.3 Å². The van der Waals surface area contributed by atoms with Crippen LogP contribution >= 0.6 is 35.6 Å². The zero-order valence-electron chi connectivity index (χ0n) is 59.7. The van der Waals surface area contributed by atoms with E-state index < -0.39 is 17.2 Å². The number of esters is 3. The van der Waals surface area contributed by atoms with Gasteiger partial charge in [0.1, 0.15) is 11.2 Å². The van der Waals surface area contributed by atoms with E-state index in [4.69, 9.17) is 47.9 Å². The number of amides is 2. The van der Waals surface area contributed by atoms with E-state index in [2.05, 4.69) is 64.6 Å². The fourth-order valence-corrected chi connectivity index (χ4v) is 10.5. The van der Waals surface area contributed by atoms with Crippen molar-refractivity contribution in [1.82, 2.24) is 55.0 Å². The van der Waals surface area contributed by atoms with Crippen LogP contribution in [0.2, 0.25) is 0 Å². The highest BCUT2D eigenvalue weighted by atomic mass is 35.5. The molecular formula is C75H96Cl3N15O11. The normalized spacial score (nSPS) is 13.3. The van der Waals surface area contributed by atoms with Crippen LogP contribution in [0.25, 0.3) is 45.6 Å². The summed E-state index contributed by atoms with van der Waals surface area (Å²) >= 11 is 10.8. The summed E-state index contributed by atoms with van der Waals surface area (Å²) in [6, 6.07) is 28.6. The van der Waals surface area contributed by atoms with Gasteiger partial charge in [-0.3, -0.25) is 0 Å². The molecule has 0 saturated carbocycles. The van der Waals surface area contributed by atoms with Gasteiger partial charge in [-0.2, -0.15) is 0 Å². The molecule has 4 aromatic carbocycles. The van der Waals surface area contributed by atoms with Gasteiger partial charge >= 0.3 is 30.1 Å². The maximum Gasteiger partial charge on any atom is 0.410 e. The van der Waals surface area contributed by atoms with Crippen LogP contribution in [0.15, 0.2) is 147 Å². The number of nitrogens with two attached hydrogens (primary N) is 1. The number of benzene rings is 4. The summed E-state index contributed by atoms with van der Waals surface area (Å²) in [6.07, 6.45) is 16.7. The van der Waals surface area contributed by atoms with Crippen LogP contribution in [-0.4, -0.2) is 208 Å². The Balaban J connectivity index is 0.000000243. The number of aliphatic hydroxyl groups excluding tert-OH is 1. The van der Waals surface area contributed by atoms with Gasteiger partial charge in [-0.15, -0.1) is 35.6 Å². The molecule has 3 aliphatic rings. The topological polar surface area (TPSA) is 309 Å². The quantitative estimate of drug-likeness (QED) is 0.0372. The third kappa shape index (κ3) is 27.1. The number of piperazine rings is 3. The lowest BCUT2D eigenvalue weighted by molar-refractivity contribution is 0.0230. The molecule has 558 valence electrons. The first-order valence-electron chi connectivity index (χ1n) is 33.4. The standard InChI is InChI=1S/C21H26N4O4.C20H26N4O3.C16H18N4O2.C12H11N3O2.C5H10Cl2.CH4.ClH/c1-21(2,3)29-20(27)25-10-8-24(9-11-25)17-13-22-18(23-14-17)15-6-5-7-16(12-15)19(26)28-4;1-20(2,3)27-19(26)24-9-7-23(8-10-24)17-12-21-18(22-13-17)16-6-4-5-15(11-16)14-25;1-22-16(21)13-4-2-3-12(9-13)15-18-10-14(11-19-15)20-7-5-17-6-8-20;1-17-12(16)9-4-2-3-8(5-9)11-14-6-10(13)7-15-11;6-4-2-1-3-5-7;;/h5-7,12-14H,8-11H2,1-4H3;4-6,11-13,25H,7-10,14H2,1-3H3;2-4,9-11,17H,5-8H2,1H3;2-7H,13H2,1H3;1-5H2;1H4;1H. The Kier molecular flexibility index (Phi) is 34.8. The third-order valence-electron chi connectivity index (χ3n) is 15.4. The molecule has 0 aliphatic carbocycles. The Bertz CT molecular complexity index is 3940. The number of hydrogen-bond acceptors (Lipinski definition) is 24. The van der Waals surface area contributed by atoms with Gasteiger partial charge in [-0.25, -0.2) is 63.8 Å². The first-order valence-corrected chi connectivity index (χ1v) is 34.4. The number of hydrogen-bond donors (Lipinski definition) is 3. The molecule has 4 aromatic heterocycles. The van der Waals surface area contributed by atoms with Crippen LogP contribution < -0.4 is 25.8 Å². The van der Waals surface area contributed by atoms with Crippen LogP contribution in [0.4, 0.5) is 32.3 Å². The third-order valence-corrected chi connectivity index (χ3v) is 16.0. The predicted molar refractivity (Wildman–Crippen MR) is 409 cm³/mol. The van der Waals surface area contributed by atoms with E-state index in [0.717, 1.165) is 95.7 Å². The van der Waals surface area contributed by atoms with Crippen molar-refractivity contribution in [2.45, 2.75) is 86.0 Å². The molecule has 0 atom stereocenters. The first kappa shape index (κ1) is 84.8. The molecule has 0 bridgehead atoms. The number of nitrogen functional groups attached to an aromatic ring is 1. The molecule has 0 unspecified atom stereocenters. The predicted octanol–water partition coefficient (Wildman–Crippen LogP) is 12.2. The average molecular weight is 1490 g/mol. The number of anilines is 4. The molecule has 2 amide bonds. The second-order valence-electron chi connectivity index (χ2n) is 25.3. The van der Waals surface area contributed by atoms with E-state index in [-0.39, 0.29) is 50.6 Å². The molecule has 11 rings (SSSR count). The number of nitrogens with one attached hydrogen (secondary N) is 1. The van der Waals surface area contributed by atoms with Crippen LogP contribution in [0.5, 0.6) is 0 Å². The Labute approximate surface area is 625 Å². The highest BCUT2D eigenvalue weighted by Crippen LogP contribution is 2.25. The number of rotatable bonds is 15.